The van der Waals surface area contributed by atoms with Crippen LogP contribution < -0.4 is 14.8 Å². The van der Waals surface area contributed by atoms with Gasteiger partial charge in [0.25, 0.3) is 17.7 Å². The molecule has 7 rings (SSSR count). The van der Waals surface area contributed by atoms with Gasteiger partial charge in [-0.05, 0) is 41.1 Å². The van der Waals surface area contributed by atoms with Crippen molar-refractivity contribution in [2.75, 3.05) is 26.7 Å². The molecule has 1 atom stereocenters. The zero-order chi connectivity index (χ0) is 31.8. The summed E-state index contributed by atoms with van der Waals surface area (Å²) in [5.74, 6) is -0.420. The Morgan fingerprint density at radius 1 is 0.913 bits per heavy atom. The molecular weight excluding hydrogens is 584 g/mol. The maximum absolute atomic E-state index is 13.6. The van der Waals surface area contributed by atoms with Crippen molar-refractivity contribution in [3.8, 4) is 11.5 Å². The van der Waals surface area contributed by atoms with Crippen LogP contribution in [0.3, 0.4) is 0 Å². The van der Waals surface area contributed by atoms with Crippen LogP contribution in [0.25, 0.3) is 10.8 Å². The quantitative estimate of drug-likeness (QED) is 0.227. The Bertz CT molecular complexity index is 1920. The summed E-state index contributed by atoms with van der Waals surface area (Å²) in [5, 5.41) is 4.28. The van der Waals surface area contributed by atoms with Crippen LogP contribution in [-0.4, -0.2) is 72.4 Å². The number of amides is 4. The van der Waals surface area contributed by atoms with Crippen molar-refractivity contribution in [3.63, 3.8) is 0 Å². The predicted molar refractivity (Wildman–Crippen MR) is 172 cm³/mol. The van der Waals surface area contributed by atoms with E-state index in [1.165, 1.54) is 18.1 Å². The zero-order valence-electron chi connectivity index (χ0n) is 25.1. The van der Waals surface area contributed by atoms with Crippen LogP contribution in [-0.2, 0) is 11.4 Å². The number of hydrogen-bond acceptors (Lipinski definition) is 7. The molecule has 4 amide bonds. The van der Waals surface area contributed by atoms with Crippen LogP contribution in [0.15, 0.2) is 95.5 Å². The van der Waals surface area contributed by atoms with Crippen molar-refractivity contribution in [3.05, 3.63) is 113 Å². The molecule has 1 N–H and O–H groups in total. The fourth-order valence-electron chi connectivity index (χ4n) is 6.21. The van der Waals surface area contributed by atoms with Crippen molar-refractivity contribution >= 4 is 46.3 Å². The van der Waals surface area contributed by atoms with Gasteiger partial charge in [0, 0.05) is 54.5 Å². The first-order valence-electron chi connectivity index (χ1n) is 15.0. The van der Waals surface area contributed by atoms with Gasteiger partial charge in [0.15, 0.2) is 11.5 Å². The number of nitrogens with one attached hydrogen (secondary N) is 1. The highest BCUT2D eigenvalue weighted by atomic mass is 16.5. The van der Waals surface area contributed by atoms with E-state index in [1.807, 2.05) is 42.5 Å². The van der Waals surface area contributed by atoms with Crippen LogP contribution in [0.1, 0.15) is 43.1 Å². The molecule has 3 heterocycles. The number of fused-ring (bicyclic) bond motifs is 2. The molecule has 0 aromatic heterocycles. The monoisotopic (exact) mass is 614 g/mol. The number of nitrogens with zero attached hydrogens (tertiary/aromatic N) is 3. The van der Waals surface area contributed by atoms with Crippen LogP contribution in [0.4, 0.5) is 5.69 Å². The minimum Gasteiger partial charge on any atom is -0.493 e. The summed E-state index contributed by atoms with van der Waals surface area (Å²) in [5.41, 5.74) is 3.60. The van der Waals surface area contributed by atoms with Crippen molar-refractivity contribution in [2.45, 2.75) is 19.1 Å². The molecule has 0 unspecified atom stereocenters. The molecule has 230 valence electrons. The number of aliphatic imine (C=N–C) groups is 1. The lowest BCUT2D eigenvalue weighted by Gasteiger charge is -2.27. The lowest BCUT2D eigenvalue weighted by atomic mass is 9.94. The predicted octanol–water partition coefficient (Wildman–Crippen LogP) is 4.70. The van der Waals surface area contributed by atoms with E-state index >= 15 is 0 Å². The number of carbonyl (C=O) groups excluding carboxylic acids is 4. The number of rotatable bonds is 8. The van der Waals surface area contributed by atoms with Gasteiger partial charge in [-0.25, -0.2) is 0 Å². The third-order valence-corrected chi connectivity index (χ3v) is 8.47. The van der Waals surface area contributed by atoms with Gasteiger partial charge in [0.1, 0.15) is 6.61 Å². The highest BCUT2D eigenvalue weighted by Crippen LogP contribution is 2.39. The van der Waals surface area contributed by atoms with E-state index in [2.05, 4.69) is 10.3 Å². The average Bonchev–Trinajstić information content (AvgIpc) is 3.43. The molecule has 0 spiro atoms. The van der Waals surface area contributed by atoms with Gasteiger partial charge in [-0.1, -0.05) is 54.6 Å². The Morgan fingerprint density at radius 2 is 1.65 bits per heavy atom. The number of benzene rings is 4. The molecule has 4 aromatic rings. The topological polar surface area (TPSA) is 118 Å². The minimum atomic E-state index is -0.379. The maximum Gasteiger partial charge on any atom is 0.261 e. The van der Waals surface area contributed by atoms with E-state index in [4.69, 9.17) is 9.47 Å². The Hall–Kier alpha value is -5.77. The fourth-order valence-corrected chi connectivity index (χ4v) is 6.21. The lowest BCUT2D eigenvalue weighted by Crippen LogP contribution is -2.44. The molecule has 1 fully saturated rings. The highest BCUT2D eigenvalue weighted by Gasteiger charge is 2.36. The van der Waals surface area contributed by atoms with E-state index in [9.17, 15) is 19.2 Å². The Balaban J connectivity index is 0.994. The van der Waals surface area contributed by atoms with Crippen LogP contribution in [0.2, 0.25) is 0 Å². The van der Waals surface area contributed by atoms with Gasteiger partial charge < -0.3 is 19.7 Å². The molecule has 0 aliphatic carbocycles. The average molecular weight is 615 g/mol. The number of carbonyl (C=O) groups is 4. The smallest absolute Gasteiger partial charge is 0.261 e. The van der Waals surface area contributed by atoms with E-state index in [1.54, 1.807) is 47.5 Å². The summed E-state index contributed by atoms with van der Waals surface area (Å²) in [6.45, 7) is 0.731. The third-order valence-electron chi connectivity index (χ3n) is 8.47. The van der Waals surface area contributed by atoms with Crippen LogP contribution in [0, 0.1) is 0 Å². The standard InChI is InChI=1S/C36H30N4O6/c1-45-30-17-28-29(18-31(30)46-21-22-7-3-2-4-8-22)38-19-25-15-23(20-40(25)36(28)44)16-32(41)37-13-14-39-34(42)26-11-5-9-24-10-6-12-27(33(24)26)35(39)43/h2-12,16-19,25H,13-15,20-21H2,1H3,(H,37,41)/b23-16+/t25-/m0/s1. The van der Waals surface area contributed by atoms with E-state index in [-0.39, 0.29) is 49.3 Å². The first-order chi connectivity index (χ1) is 22.4. The van der Waals surface area contributed by atoms with Crippen molar-refractivity contribution < 1.29 is 28.7 Å². The molecule has 0 bridgehead atoms. The summed E-state index contributed by atoms with van der Waals surface area (Å²) in [7, 11) is 1.52. The Kier molecular flexibility index (Phi) is 7.53. The van der Waals surface area contributed by atoms with Gasteiger partial charge in [0.05, 0.1) is 24.4 Å². The second-order valence-electron chi connectivity index (χ2n) is 11.3. The first-order valence-corrected chi connectivity index (χ1v) is 15.0. The molecule has 10 heteroatoms. The summed E-state index contributed by atoms with van der Waals surface area (Å²) in [6, 6.07) is 23.6. The van der Waals surface area contributed by atoms with E-state index in [0.717, 1.165) is 16.5 Å². The van der Waals surface area contributed by atoms with E-state index in [0.29, 0.717) is 52.3 Å². The number of imide groups is 1. The largest absolute Gasteiger partial charge is 0.493 e. The van der Waals surface area contributed by atoms with E-state index < -0.39 is 0 Å². The number of methoxy groups -OCH3 is 1. The molecular formula is C36H30N4O6. The second kappa shape index (κ2) is 12.0. The molecule has 1 saturated heterocycles. The minimum absolute atomic E-state index is 0.0346. The zero-order valence-corrected chi connectivity index (χ0v) is 25.1. The second-order valence-corrected chi connectivity index (χ2v) is 11.3. The first kappa shape index (κ1) is 29.0. The number of hydrogen-bond donors (Lipinski definition) is 1. The Labute approximate surface area is 264 Å². The van der Waals surface area contributed by atoms with Crippen molar-refractivity contribution in [2.24, 2.45) is 4.99 Å². The maximum atomic E-state index is 13.6. The molecule has 4 aromatic carbocycles. The SMILES string of the molecule is COc1cc2c(cc1OCc1ccccc1)N=C[C@@H]1C/C(=C\C(=O)NCCN3C(=O)c4cccc5cccc(c45)C3=O)CN1C2=O. The normalized spacial score (nSPS) is 17.6. The third kappa shape index (κ3) is 5.27. The summed E-state index contributed by atoms with van der Waals surface area (Å²) < 4.78 is 11.5. The molecule has 46 heavy (non-hydrogen) atoms. The summed E-state index contributed by atoms with van der Waals surface area (Å²) in [6.07, 6.45) is 3.66. The number of ether oxygens (including phenoxy) is 2. The van der Waals surface area contributed by atoms with Crippen molar-refractivity contribution in [1.29, 1.82) is 0 Å². The van der Waals surface area contributed by atoms with Crippen molar-refractivity contribution in [1.82, 2.24) is 15.1 Å². The van der Waals surface area contributed by atoms with Gasteiger partial charge >= 0.3 is 0 Å². The lowest BCUT2D eigenvalue weighted by molar-refractivity contribution is -0.116. The van der Waals surface area contributed by atoms with Gasteiger partial charge in [-0.3, -0.25) is 29.1 Å². The van der Waals surface area contributed by atoms with Gasteiger partial charge in [0.2, 0.25) is 5.91 Å². The van der Waals surface area contributed by atoms with Gasteiger partial charge in [-0.15, -0.1) is 0 Å². The van der Waals surface area contributed by atoms with Crippen LogP contribution in [0.5, 0.6) is 11.5 Å². The Morgan fingerprint density at radius 3 is 2.37 bits per heavy atom. The molecule has 0 saturated carbocycles. The fraction of sp³-hybridized carbons (Fsp3) is 0.194. The molecule has 10 nitrogen and oxygen atoms in total. The highest BCUT2D eigenvalue weighted by molar-refractivity contribution is 6.25. The molecule has 0 radical (unpaired) electrons. The molecule has 3 aliphatic rings. The van der Waals surface area contributed by atoms with Gasteiger partial charge in [-0.2, -0.15) is 0 Å². The summed E-state index contributed by atoms with van der Waals surface area (Å²) >= 11 is 0. The van der Waals surface area contributed by atoms with Crippen LogP contribution >= 0.6 is 0 Å². The summed E-state index contributed by atoms with van der Waals surface area (Å²) in [4.78, 5) is 60.2. The molecule has 3 aliphatic heterocycles.